The molecule has 1 N–H and O–H groups in total. The van der Waals surface area contributed by atoms with Crippen molar-refractivity contribution >= 4 is 28.7 Å². The Hall–Kier alpha value is -2.65. The van der Waals surface area contributed by atoms with Gasteiger partial charge in [0.1, 0.15) is 5.39 Å². The van der Waals surface area contributed by atoms with Gasteiger partial charge in [0.15, 0.2) is 10.8 Å². The van der Waals surface area contributed by atoms with Crippen LogP contribution in [0.3, 0.4) is 0 Å². The van der Waals surface area contributed by atoms with Gasteiger partial charge in [-0.2, -0.15) is 5.10 Å². The topological polar surface area (TPSA) is 91.0 Å². The predicted molar refractivity (Wildman–Crippen MR) is 102 cm³/mol. The van der Waals surface area contributed by atoms with E-state index in [4.69, 9.17) is 4.74 Å². The number of carbonyl (C=O) groups excluding carboxylic acids is 1. The van der Waals surface area contributed by atoms with Gasteiger partial charge in [-0.05, 0) is 12.1 Å². The molecule has 0 unspecified atom stereocenters. The molecule has 9 heteroatoms. The van der Waals surface area contributed by atoms with Crippen LogP contribution < -0.4 is 10.9 Å². The maximum absolute atomic E-state index is 13.0. The number of para-hydroxylation sites is 1. The summed E-state index contributed by atoms with van der Waals surface area (Å²) in [5, 5.41) is 8.22. The third-order valence-corrected chi connectivity index (χ3v) is 5.52. The van der Waals surface area contributed by atoms with E-state index in [2.05, 4.69) is 15.4 Å². The van der Waals surface area contributed by atoms with E-state index in [-0.39, 0.29) is 23.9 Å². The van der Waals surface area contributed by atoms with E-state index in [0.717, 1.165) is 5.69 Å². The van der Waals surface area contributed by atoms with E-state index in [1.54, 1.807) is 22.6 Å². The summed E-state index contributed by atoms with van der Waals surface area (Å²) in [6, 6.07) is 9.37. The lowest BCUT2D eigenvalue weighted by molar-refractivity contribution is -0.121. The molecule has 1 aliphatic rings. The SMILES string of the molecule is COCCNC(=O)C[C@H]1CSc2nc3c(cnn3-c3ccccc3)c(=O)n21. The number of nitrogens with one attached hydrogen (secondary N) is 1. The molecule has 3 heterocycles. The largest absolute Gasteiger partial charge is 0.383 e. The van der Waals surface area contributed by atoms with Gasteiger partial charge in [0.2, 0.25) is 5.91 Å². The average Bonchev–Trinajstić information content (AvgIpc) is 3.28. The highest BCUT2D eigenvalue weighted by molar-refractivity contribution is 7.99. The Morgan fingerprint density at radius 2 is 2.19 bits per heavy atom. The fraction of sp³-hybridized carbons (Fsp3) is 0.333. The molecule has 1 aromatic carbocycles. The standard InChI is InChI=1S/C18H19N5O3S/c1-26-8-7-19-15(24)9-13-11-27-18-21-16-14(17(25)22(13)18)10-20-23(16)12-5-3-2-4-6-12/h2-6,10,13H,7-9,11H2,1H3,(H,19,24)/t13-/m0/s1. The number of aromatic nitrogens is 4. The highest BCUT2D eigenvalue weighted by Gasteiger charge is 2.29. The number of benzene rings is 1. The lowest BCUT2D eigenvalue weighted by atomic mass is 10.2. The van der Waals surface area contributed by atoms with Gasteiger partial charge in [-0.25, -0.2) is 9.67 Å². The minimum atomic E-state index is -0.211. The van der Waals surface area contributed by atoms with Crippen LogP contribution in [0.25, 0.3) is 16.7 Å². The zero-order valence-electron chi connectivity index (χ0n) is 14.8. The monoisotopic (exact) mass is 385 g/mol. The molecular formula is C18H19N5O3S. The van der Waals surface area contributed by atoms with Gasteiger partial charge in [-0.15, -0.1) is 0 Å². The molecule has 8 nitrogen and oxygen atoms in total. The average molecular weight is 385 g/mol. The van der Waals surface area contributed by atoms with Crippen LogP contribution in [0.15, 0.2) is 46.5 Å². The summed E-state index contributed by atoms with van der Waals surface area (Å²) in [5.74, 6) is 0.545. The fourth-order valence-electron chi connectivity index (χ4n) is 3.12. The molecule has 1 amide bonds. The normalized spacial score (nSPS) is 15.8. The summed E-state index contributed by atoms with van der Waals surface area (Å²) in [7, 11) is 1.59. The summed E-state index contributed by atoms with van der Waals surface area (Å²) in [6.45, 7) is 0.917. The highest BCUT2D eigenvalue weighted by Crippen LogP contribution is 2.33. The molecule has 27 heavy (non-hydrogen) atoms. The smallest absolute Gasteiger partial charge is 0.265 e. The zero-order valence-corrected chi connectivity index (χ0v) is 15.6. The molecule has 0 aliphatic carbocycles. The highest BCUT2D eigenvalue weighted by atomic mass is 32.2. The van der Waals surface area contributed by atoms with Gasteiger partial charge in [-0.3, -0.25) is 14.2 Å². The van der Waals surface area contributed by atoms with E-state index >= 15 is 0 Å². The van der Waals surface area contributed by atoms with Crippen molar-refractivity contribution in [3.63, 3.8) is 0 Å². The van der Waals surface area contributed by atoms with Crippen molar-refractivity contribution in [3.8, 4) is 5.69 Å². The van der Waals surface area contributed by atoms with Crippen LogP contribution in [0.4, 0.5) is 0 Å². The number of methoxy groups -OCH3 is 1. The summed E-state index contributed by atoms with van der Waals surface area (Å²) >= 11 is 1.49. The molecule has 0 saturated heterocycles. The first kappa shape index (κ1) is 17.7. The summed E-state index contributed by atoms with van der Waals surface area (Å²) in [6.07, 6.45) is 1.79. The molecule has 0 radical (unpaired) electrons. The van der Waals surface area contributed by atoms with Crippen LogP contribution in [-0.2, 0) is 9.53 Å². The third kappa shape index (κ3) is 3.35. The number of hydrogen-bond acceptors (Lipinski definition) is 6. The van der Waals surface area contributed by atoms with Gasteiger partial charge in [0, 0.05) is 25.8 Å². The number of nitrogens with zero attached hydrogens (tertiary/aromatic N) is 4. The summed E-state index contributed by atoms with van der Waals surface area (Å²) < 4.78 is 8.23. The number of rotatable bonds is 6. The predicted octanol–water partition coefficient (Wildman–Crippen LogP) is 1.38. The van der Waals surface area contributed by atoms with Gasteiger partial charge >= 0.3 is 0 Å². The maximum Gasteiger partial charge on any atom is 0.265 e. The van der Waals surface area contributed by atoms with Gasteiger partial charge in [-0.1, -0.05) is 30.0 Å². The Labute approximate surface area is 159 Å². The molecule has 2 aromatic heterocycles. The zero-order chi connectivity index (χ0) is 18.8. The van der Waals surface area contributed by atoms with Crippen molar-refractivity contribution in [2.75, 3.05) is 26.0 Å². The van der Waals surface area contributed by atoms with Crippen molar-refractivity contribution in [2.45, 2.75) is 17.6 Å². The number of carbonyl (C=O) groups is 1. The van der Waals surface area contributed by atoms with Crippen LogP contribution >= 0.6 is 11.8 Å². The second-order valence-corrected chi connectivity index (χ2v) is 7.20. The van der Waals surface area contributed by atoms with Gasteiger partial charge < -0.3 is 10.1 Å². The molecule has 4 rings (SSSR count). The fourth-order valence-corrected chi connectivity index (χ4v) is 4.25. The van der Waals surface area contributed by atoms with Gasteiger partial charge in [0.05, 0.1) is 24.5 Å². The van der Waals surface area contributed by atoms with Crippen LogP contribution in [-0.4, -0.2) is 51.3 Å². The van der Waals surface area contributed by atoms with E-state index in [0.29, 0.717) is 35.1 Å². The van der Waals surface area contributed by atoms with E-state index < -0.39 is 0 Å². The molecule has 1 aliphatic heterocycles. The molecule has 3 aromatic rings. The van der Waals surface area contributed by atoms with Crippen LogP contribution in [0, 0.1) is 0 Å². The lowest BCUT2D eigenvalue weighted by Gasteiger charge is -2.13. The second kappa shape index (κ2) is 7.53. The number of ether oxygens (including phenoxy) is 1. The molecule has 0 saturated carbocycles. The van der Waals surface area contributed by atoms with E-state index in [1.807, 2.05) is 30.3 Å². The van der Waals surface area contributed by atoms with Crippen LogP contribution in [0.5, 0.6) is 0 Å². The molecule has 0 fully saturated rings. The summed E-state index contributed by atoms with van der Waals surface area (Å²) in [4.78, 5) is 29.8. The minimum absolute atomic E-state index is 0.0996. The molecule has 140 valence electrons. The quantitative estimate of drug-likeness (QED) is 0.509. The Morgan fingerprint density at radius 1 is 1.37 bits per heavy atom. The third-order valence-electron chi connectivity index (χ3n) is 4.42. The van der Waals surface area contributed by atoms with Crippen LogP contribution in [0.2, 0.25) is 0 Å². The second-order valence-electron chi connectivity index (χ2n) is 6.21. The molecule has 0 spiro atoms. The lowest BCUT2D eigenvalue weighted by Crippen LogP contribution is -2.32. The minimum Gasteiger partial charge on any atom is -0.383 e. The Balaban J connectivity index is 1.65. The summed E-state index contributed by atoms with van der Waals surface area (Å²) in [5.41, 5.74) is 1.23. The van der Waals surface area contributed by atoms with Gasteiger partial charge in [0.25, 0.3) is 5.56 Å². The number of hydrogen-bond donors (Lipinski definition) is 1. The van der Waals surface area contributed by atoms with Crippen molar-refractivity contribution in [3.05, 3.63) is 46.9 Å². The number of amides is 1. The van der Waals surface area contributed by atoms with Crippen molar-refractivity contribution in [1.82, 2.24) is 24.6 Å². The first-order valence-electron chi connectivity index (χ1n) is 8.63. The molecule has 0 bridgehead atoms. The molecular weight excluding hydrogens is 366 g/mol. The molecule has 1 atom stereocenters. The Kier molecular flexibility index (Phi) is 4.95. The van der Waals surface area contributed by atoms with E-state index in [9.17, 15) is 9.59 Å². The number of thioether (sulfide) groups is 1. The van der Waals surface area contributed by atoms with Crippen molar-refractivity contribution in [2.24, 2.45) is 0 Å². The Morgan fingerprint density at radius 3 is 2.96 bits per heavy atom. The van der Waals surface area contributed by atoms with Crippen molar-refractivity contribution in [1.29, 1.82) is 0 Å². The Bertz CT molecular complexity index is 1030. The van der Waals surface area contributed by atoms with Crippen LogP contribution in [0.1, 0.15) is 12.5 Å². The maximum atomic E-state index is 13.0. The first-order valence-corrected chi connectivity index (χ1v) is 9.61. The van der Waals surface area contributed by atoms with E-state index in [1.165, 1.54) is 11.8 Å². The number of fused-ring (bicyclic) bond motifs is 2. The van der Waals surface area contributed by atoms with Crippen molar-refractivity contribution < 1.29 is 9.53 Å². The first-order chi connectivity index (χ1) is 13.2.